The van der Waals surface area contributed by atoms with Crippen molar-refractivity contribution in [2.24, 2.45) is 10.7 Å². The van der Waals surface area contributed by atoms with Crippen molar-refractivity contribution in [3.8, 4) is 5.75 Å². The average molecular weight is 352 g/mol. The van der Waals surface area contributed by atoms with E-state index in [0.717, 1.165) is 23.4 Å². The van der Waals surface area contributed by atoms with E-state index in [4.69, 9.17) is 10.5 Å². The summed E-state index contributed by atoms with van der Waals surface area (Å²) in [5.74, 6) is 0.871. The molecule has 0 aliphatic carbocycles. The largest absolute Gasteiger partial charge is 0.493 e. The molecule has 4 N–H and O–H groups in total. The fourth-order valence-corrected chi connectivity index (χ4v) is 2.90. The van der Waals surface area contributed by atoms with E-state index < -0.39 is 0 Å². The molecule has 136 valence electrons. The van der Waals surface area contributed by atoms with E-state index in [1.807, 2.05) is 49.4 Å². The van der Waals surface area contributed by atoms with Crippen LogP contribution in [0.25, 0.3) is 0 Å². The fourth-order valence-electron chi connectivity index (χ4n) is 2.90. The number of nitrogens with one attached hydrogen (secondary N) is 2. The molecule has 0 radical (unpaired) electrons. The second-order valence-corrected chi connectivity index (χ2v) is 6.42. The van der Waals surface area contributed by atoms with Crippen LogP contribution >= 0.6 is 0 Å². The Morgan fingerprint density at radius 3 is 2.85 bits per heavy atom. The Balaban J connectivity index is 1.56. The van der Waals surface area contributed by atoms with E-state index in [-0.39, 0.29) is 24.5 Å². The van der Waals surface area contributed by atoms with E-state index >= 15 is 0 Å². The third-order valence-corrected chi connectivity index (χ3v) is 4.47. The predicted octanol–water partition coefficient (Wildman–Crippen LogP) is 2.67. The summed E-state index contributed by atoms with van der Waals surface area (Å²) < 4.78 is 5.61. The molecular weight excluding hydrogens is 328 g/mol. The van der Waals surface area contributed by atoms with Gasteiger partial charge in [0, 0.05) is 17.7 Å². The number of benzene rings is 2. The molecule has 1 amide bonds. The summed E-state index contributed by atoms with van der Waals surface area (Å²) >= 11 is 0. The number of fused-ring (bicyclic) bond motifs is 1. The van der Waals surface area contributed by atoms with Gasteiger partial charge in [-0.25, -0.2) is 4.99 Å². The quantitative estimate of drug-likeness (QED) is 0.583. The monoisotopic (exact) mass is 352 g/mol. The zero-order chi connectivity index (χ0) is 18.5. The fraction of sp³-hybridized carbons (Fsp3) is 0.300. The summed E-state index contributed by atoms with van der Waals surface area (Å²) in [4.78, 5) is 16.4. The maximum absolute atomic E-state index is 12.2. The molecule has 0 saturated heterocycles. The molecule has 1 unspecified atom stereocenters. The van der Waals surface area contributed by atoms with E-state index in [0.29, 0.717) is 6.61 Å². The highest BCUT2D eigenvalue weighted by Gasteiger charge is 2.22. The second-order valence-electron chi connectivity index (χ2n) is 6.42. The van der Waals surface area contributed by atoms with Crippen molar-refractivity contribution in [3.05, 3.63) is 59.2 Å². The lowest BCUT2D eigenvalue weighted by Crippen LogP contribution is -2.34. The highest BCUT2D eigenvalue weighted by molar-refractivity contribution is 5.94. The highest BCUT2D eigenvalue weighted by atomic mass is 16.5. The predicted molar refractivity (Wildman–Crippen MR) is 103 cm³/mol. The zero-order valence-electron chi connectivity index (χ0n) is 15.1. The molecule has 1 aliphatic rings. The molecule has 2 aromatic carbocycles. The molecule has 26 heavy (non-hydrogen) atoms. The number of carbonyl (C=O) groups excluding carboxylic acids is 1. The van der Waals surface area contributed by atoms with Crippen molar-refractivity contribution in [3.63, 3.8) is 0 Å². The average Bonchev–Trinajstić information content (AvgIpc) is 2.63. The summed E-state index contributed by atoms with van der Waals surface area (Å²) in [6, 6.07) is 13.6. The lowest BCUT2D eigenvalue weighted by Gasteiger charge is -2.26. The number of anilines is 1. The van der Waals surface area contributed by atoms with Crippen molar-refractivity contribution in [1.29, 1.82) is 0 Å². The number of carbonyl (C=O) groups is 1. The summed E-state index contributed by atoms with van der Waals surface area (Å²) in [6.45, 7) is 4.65. The third-order valence-electron chi connectivity index (χ3n) is 4.47. The number of hydrogen-bond donors (Lipinski definition) is 3. The van der Waals surface area contributed by atoms with Crippen LogP contribution < -0.4 is 21.1 Å². The first kappa shape index (κ1) is 17.8. The molecule has 2 aromatic rings. The Morgan fingerprint density at radius 2 is 2.04 bits per heavy atom. The van der Waals surface area contributed by atoms with E-state index in [1.165, 1.54) is 11.1 Å². The van der Waals surface area contributed by atoms with Crippen molar-refractivity contribution in [1.82, 2.24) is 5.32 Å². The maximum Gasteiger partial charge on any atom is 0.242 e. The number of amides is 1. The first-order chi connectivity index (χ1) is 12.5. The van der Waals surface area contributed by atoms with Crippen LogP contribution in [0.1, 0.15) is 29.2 Å². The van der Waals surface area contributed by atoms with Crippen molar-refractivity contribution < 1.29 is 9.53 Å². The molecule has 0 spiro atoms. The van der Waals surface area contributed by atoms with Gasteiger partial charge in [0.1, 0.15) is 12.3 Å². The van der Waals surface area contributed by atoms with Gasteiger partial charge in [0.2, 0.25) is 5.91 Å². The summed E-state index contributed by atoms with van der Waals surface area (Å²) in [5.41, 5.74) is 10.1. The Morgan fingerprint density at radius 1 is 1.23 bits per heavy atom. The van der Waals surface area contributed by atoms with Gasteiger partial charge >= 0.3 is 0 Å². The van der Waals surface area contributed by atoms with Crippen LogP contribution in [0.2, 0.25) is 0 Å². The van der Waals surface area contributed by atoms with E-state index in [1.54, 1.807) is 0 Å². The Labute approximate surface area is 153 Å². The number of guanidine groups is 1. The van der Waals surface area contributed by atoms with Crippen LogP contribution in [0.3, 0.4) is 0 Å². The molecule has 0 saturated carbocycles. The van der Waals surface area contributed by atoms with Gasteiger partial charge < -0.3 is 21.1 Å². The van der Waals surface area contributed by atoms with Gasteiger partial charge in [0.25, 0.3) is 0 Å². The molecule has 0 fully saturated rings. The van der Waals surface area contributed by atoms with E-state index in [2.05, 4.69) is 22.5 Å². The Hall–Kier alpha value is -3.02. The van der Waals surface area contributed by atoms with Crippen LogP contribution in [0, 0.1) is 13.8 Å². The summed E-state index contributed by atoms with van der Waals surface area (Å²) in [7, 11) is 0. The van der Waals surface area contributed by atoms with Gasteiger partial charge in [-0.05, 0) is 43.2 Å². The molecular formula is C20H24N4O2. The molecule has 0 aromatic heterocycles. The topological polar surface area (TPSA) is 88.7 Å². The Bertz CT molecular complexity index is 832. The molecule has 1 heterocycles. The molecule has 0 bridgehead atoms. The zero-order valence-corrected chi connectivity index (χ0v) is 15.1. The SMILES string of the molecule is Cc1ccc(NC(N)=NCC(=O)NC2CCOc3ccccc32)cc1C. The normalized spacial score (nSPS) is 16.4. The summed E-state index contributed by atoms with van der Waals surface area (Å²) in [5, 5.41) is 6.01. The lowest BCUT2D eigenvalue weighted by atomic mass is 10.0. The minimum Gasteiger partial charge on any atom is -0.493 e. The molecule has 6 heteroatoms. The third kappa shape index (κ3) is 4.33. The van der Waals surface area contributed by atoms with Crippen LogP contribution in [0.15, 0.2) is 47.5 Å². The number of nitrogens with zero attached hydrogens (tertiary/aromatic N) is 1. The number of aliphatic imine (C=N–C) groups is 1. The number of hydrogen-bond acceptors (Lipinski definition) is 3. The lowest BCUT2D eigenvalue weighted by molar-refractivity contribution is -0.120. The van der Waals surface area contributed by atoms with Crippen LogP contribution in [-0.2, 0) is 4.79 Å². The number of rotatable bonds is 4. The van der Waals surface area contributed by atoms with Gasteiger partial charge in [-0.1, -0.05) is 24.3 Å². The standard InChI is InChI=1S/C20H24N4O2/c1-13-7-8-15(11-14(13)2)23-20(21)22-12-19(25)24-17-9-10-26-18-6-4-3-5-16(17)18/h3-8,11,17H,9-10,12H2,1-2H3,(H,24,25)(H3,21,22,23). The van der Waals surface area contributed by atoms with Gasteiger partial charge in [-0.3, -0.25) is 4.79 Å². The minimum absolute atomic E-state index is 0.0246. The number of nitrogens with two attached hydrogens (primary N) is 1. The maximum atomic E-state index is 12.2. The van der Waals surface area contributed by atoms with E-state index in [9.17, 15) is 4.79 Å². The van der Waals surface area contributed by atoms with Crippen LogP contribution in [0.5, 0.6) is 5.75 Å². The molecule has 1 atom stereocenters. The van der Waals surface area contributed by atoms with Crippen LogP contribution in [-0.4, -0.2) is 25.0 Å². The smallest absolute Gasteiger partial charge is 0.242 e. The second kappa shape index (κ2) is 7.91. The van der Waals surface area contributed by atoms with Gasteiger partial charge in [0.15, 0.2) is 5.96 Å². The Kier molecular flexibility index (Phi) is 5.41. The first-order valence-corrected chi connectivity index (χ1v) is 8.68. The first-order valence-electron chi connectivity index (χ1n) is 8.68. The van der Waals surface area contributed by atoms with Gasteiger partial charge in [-0.2, -0.15) is 0 Å². The highest BCUT2D eigenvalue weighted by Crippen LogP contribution is 2.31. The van der Waals surface area contributed by atoms with Gasteiger partial charge in [-0.15, -0.1) is 0 Å². The number of para-hydroxylation sites is 1. The number of ether oxygens (including phenoxy) is 1. The van der Waals surface area contributed by atoms with Crippen molar-refractivity contribution in [2.45, 2.75) is 26.3 Å². The molecule has 1 aliphatic heterocycles. The molecule has 3 rings (SSSR count). The van der Waals surface area contributed by atoms with Crippen LogP contribution in [0.4, 0.5) is 5.69 Å². The number of aryl methyl sites for hydroxylation is 2. The van der Waals surface area contributed by atoms with Gasteiger partial charge in [0.05, 0.1) is 12.6 Å². The van der Waals surface area contributed by atoms with Crippen molar-refractivity contribution in [2.75, 3.05) is 18.5 Å². The molecule has 6 nitrogen and oxygen atoms in total. The minimum atomic E-state index is -0.170. The van der Waals surface area contributed by atoms with Crippen molar-refractivity contribution >= 4 is 17.6 Å². The summed E-state index contributed by atoms with van der Waals surface area (Å²) in [6.07, 6.45) is 0.739.